The molecule has 1 fully saturated rings. The van der Waals surface area contributed by atoms with Crippen LogP contribution in [-0.4, -0.2) is 24.8 Å². The van der Waals surface area contributed by atoms with Gasteiger partial charge in [0.05, 0.1) is 13.7 Å². The lowest BCUT2D eigenvalue weighted by Crippen LogP contribution is -2.22. The fourth-order valence-electron chi connectivity index (χ4n) is 3.22. The number of aryl methyl sites for hydroxylation is 1. The number of anilines is 1. The zero-order chi connectivity index (χ0) is 17.2. The van der Waals surface area contributed by atoms with E-state index >= 15 is 0 Å². The Morgan fingerprint density at radius 1 is 0.960 bits per heavy atom. The fourth-order valence-corrected chi connectivity index (χ4v) is 3.22. The molecular formula is C21H22N2O2. The van der Waals surface area contributed by atoms with Crippen LogP contribution in [0.5, 0.6) is 5.75 Å². The number of methoxy groups -OCH3 is 1. The second-order valence-corrected chi connectivity index (χ2v) is 6.30. The van der Waals surface area contributed by atoms with Crippen LogP contribution in [0.15, 0.2) is 67.0 Å². The average molecular weight is 334 g/mol. The molecule has 1 aromatic heterocycles. The van der Waals surface area contributed by atoms with Crippen LogP contribution in [0.1, 0.15) is 17.4 Å². The number of aromatic nitrogens is 1. The molecule has 4 heteroatoms. The van der Waals surface area contributed by atoms with Gasteiger partial charge in [-0.3, -0.25) is 0 Å². The normalized spacial score (nSPS) is 17.0. The maximum absolute atomic E-state index is 6.01. The minimum atomic E-state index is -0.0555. The van der Waals surface area contributed by atoms with Gasteiger partial charge in [-0.05, 0) is 49.4 Å². The highest BCUT2D eigenvalue weighted by Crippen LogP contribution is 2.33. The lowest BCUT2D eigenvalue weighted by Gasteiger charge is -2.24. The van der Waals surface area contributed by atoms with Gasteiger partial charge in [-0.15, -0.1) is 0 Å². The number of rotatable bonds is 4. The summed E-state index contributed by atoms with van der Waals surface area (Å²) in [5.41, 5.74) is 4.73. The van der Waals surface area contributed by atoms with Crippen molar-refractivity contribution in [3.8, 4) is 11.4 Å². The summed E-state index contributed by atoms with van der Waals surface area (Å²) < 4.78 is 13.4. The molecule has 1 saturated heterocycles. The van der Waals surface area contributed by atoms with Crippen LogP contribution in [0.25, 0.3) is 5.69 Å². The molecule has 1 aliphatic rings. The number of nitrogens with zero attached hydrogens (tertiary/aromatic N) is 2. The van der Waals surface area contributed by atoms with Crippen molar-refractivity contribution in [2.24, 2.45) is 0 Å². The summed E-state index contributed by atoms with van der Waals surface area (Å²) in [6.07, 6.45) is 4.19. The van der Waals surface area contributed by atoms with Crippen LogP contribution in [0.4, 0.5) is 5.69 Å². The summed E-state index contributed by atoms with van der Waals surface area (Å²) in [6, 6.07) is 18.8. The summed E-state index contributed by atoms with van der Waals surface area (Å²) in [5, 5.41) is 0. The van der Waals surface area contributed by atoms with Crippen molar-refractivity contribution in [3.63, 3.8) is 0 Å². The third kappa shape index (κ3) is 3.13. The van der Waals surface area contributed by atoms with Crippen molar-refractivity contribution in [3.05, 3.63) is 78.1 Å². The average Bonchev–Trinajstić information content (AvgIpc) is 3.31. The molecule has 0 aliphatic carbocycles. The Bertz CT molecular complexity index is 837. The minimum absolute atomic E-state index is 0.0555. The van der Waals surface area contributed by atoms with Gasteiger partial charge in [0.1, 0.15) is 5.75 Å². The molecule has 0 amide bonds. The Balaban J connectivity index is 1.59. The molecule has 128 valence electrons. The van der Waals surface area contributed by atoms with E-state index in [1.54, 1.807) is 7.11 Å². The van der Waals surface area contributed by atoms with Crippen molar-refractivity contribution < 1.29 is 9.47 Å². The molecular weight excluding hydrogens is 312 g/mol. The van der Waals surface area contributed by atoms with Crippen LogP contribution in [-0.2, 0) is 4.74 Å². The van der Waals surface area contributed by atoms with E-state index < -0.39 is 0 Å². The lowest BCUT2D eigenvalue weighted by atomic mass is 10.2. The third-order valence-corrected chi connectivity index (χ3v) is 4.63. The topological polar surface area (TPSA) is 26.6 Å². The summed E-state index contributed by atoms with van der Waals surface area (Å²) >= 11 is 0. The predicted octanol–water partition coefficient (Wildman–Crippen LogP) is 4.33. The maximum atomic E-state index is 6.01. The van der Waals surface area contributed by atoms with Crippen LogP contribution >= 0.6 is 0 Å². The molecule has 0 saturated carbocycles. The first-order valence-electron chi connectivity index (χ1n) is 8.52. The van der Waals surface area contributed by atoms with Crippen molar-refractivity contribution in [1.82, 2.24) is 4.57 Å². The molecule has 0 bridgehead atoms. The first-order chi connectivity index (χ1) is 12.2. The van der Waals surface area contributed by atoms with E-state index in [1.165, 1.54) is 5.56 Å². The van der Waals surface area contributed by atoms with Gasteiger partial charge < -0.3 is 18.9 Å². The standard InChI is InChI=1S/C21H22N2O2/c1-16-3-5-18(6-4-16)22-12-11-17(15-22)21-23(13-14-25-21)19-7-9-20(24-2)10-8-19/h3-12,15,21H,13-14H2,1-2H3. The van der Waals surface area contributed by atoms with E-state index in [9.17, 15) is 0 Å². The first kappa shape index (κ1) is 15.8. The van der Waals surface area contributed by atoms with Crippen LogP contribution in [0.3, 0.4) is 0 Å². The molecule has 0 radical (unpaired) electrons. The third-order valence-electron chi connectivity index (χ3n) is 4.63. The molecule has 25 heavy (non-hydrogen) atoms. The molecule has 4 rings (SSSR count). The summed E-state index contributed by atoms with van der Waals surface area (Å²) in [7, 11) is 1.69. The van der Waals surface area contributed by atoms with Gasteiger partial charge in [0, 0.05) is 35.9 Å². The second-order valence-electron chi connectivity index (χ2n) is 6.30. The Kier molecular flexibility index (Phi) is 4.20. The molecule has 0 spiro atoms. The zero-order valence-corrected chi connectivity index (χ0v) is 14.6. The van der Waals surface area contributed by atoms with E-state index in [4.69, 9.17) is 9.47 Å². The molecule has 3 aromatic rings. The van der Waals surface area contributed by atoms with Gasteiger partial charge in [-0.1, -0.05) is 17.7 Å². The molecule has 2 aromatic carbocycles. The maximum Gasteiger partial charge on any atom is 0.158 e. The van der Waals surface area contributed by atoms with E-state index in [1.807, 2.05) is 12.1 Å². The van der Waals surface area contributed by atoms with Gasteiger partial charge in [0.2, 0.25) is 0 Å². The van der Waals surface area contributed by atoms with Gasteiger partial charge >= 0.3 is 0 Å². The van der Waals surface area contributed by atoms with Gasteiger partial charge in [-0.2, -0.15) is 0 Å². The quantitative estimate of drug-likeness (QED) is 0.710. The number of hydrogen-bond donors (Lipinski definition) is 0. The fraction of sp³-hybridized carbons (Fsp3) is 0.238. The van der Waals surface area contributed by atoms with Crippen LogP contribution in [0.2, 0.25) is 0 Å². The van der Waals surface area contributed by atoms with Crippen LogP contribution < -0.4 is 9.64 Å². The van der Waals surface area contributed by atoms with E-state index in [0.29, 0.717) is 0 Å². The Morgan fingerprint density at radius 3 is 2.40 bits per heavy atom. The Hall–Kier alpha value is -2.72. The summed E-state index contributed by atoms with van der Waals surface area (Å²) in [5.74, 6) is 0.867. The number of hydrogen-bond acceptors (Lipinski definition) is 3. The van der Waals surface area contributed by atoms with Gasteiger partial charge in [0.25, 0.3) is 0 Å². The van der Waals surface area contributed by atoms with Crippen molar-refractivity contribution >= 4 is 5.69 Å². The van der Waals surface area contributed by atoms with E-state index in [-0.39, 0.29) is 6.23 Å². The van der Waals surface area contributed by atoms with Gasteiger partial charge in [-0.25, -0.2) is 0 Å². The largest absolute Gasteiger partial charge is 0.497 e. The molecule has 0 N–H and O–H groups in total. The monoisotopic (exact) mass is 334 g/mol. The second kappa shape index (κ2) is 6.65. The predicted molar refractivity (Wildman–Crippen MR) is 99.5 cm³/mol. The van der Waals surface area contributed by atoms with Crippen molar-refractivity contribution in [1.29, 1.82) is 0 Å². The van der Waals surface area contributed by atoms with Crippen LogP contribution in [0, 0.1) is 6.92 Å². The van der Waals surface area contributed by atoms with E-state index in [0.717, 1.165) is 35.8 Å². The summed E-state index contributed by atoms with van der Waals surface area (Å²) in [6.45, 7) is 3.71. The minimum Gasteiger partial charge on any atom is -0.497 e. The highest BCUT2D eigenvalue weighted by Gasteiger charge is 2.27. The summed E-state index contributed by atoms with van der Waals surface area (Å²) in [4.78, 5) is 2.29. The van der Waals surface area contributed by atoms with E-state index in [2.05, 4.69) is 71.2 Å². The highest BCUT2D eigenvalue weighted by atomic mass is 16.5. The smallest absolute Gasteiger partial charge is 0.158 e. The molecule has 4 nitrogen and oxygen atoms in total. The van der Waals surface area contributed by atoms with Crippen molar-refractivity contribution in [2.45, 2.75) is 13.2 Å². The molecule has 2 heterocycles. The molecule has 1 aliphatic heterocycles. The lowest BCUT2D eigenvalue weighted by molar-refractivity contribution is 0.114. The van der Waals surface area contributed by atoms with Crippen molar-refractivity contribution in [2.75, 3.05) is 25.2 Å². The Labute approximate surface area is 148 Å². The first-order valence-corrected chi connectivity index (χ1v) is 8.52. The molecule has 1 atom stereocenters. The Morgan fingerprint density at radius 2 is 1.68 bits per heavy atom. The van der Waals surface area contributed by atoms with Gasteiger partial charge in [0.15, 0.2) is 6.23 Å². The molecule has 1 unspecified atom stereocenters. The highest BCUT2D eigenvalue weighted by molar-refractivity contribution is 5.51. The number of ether oxygens (including phenoxy) is 2. The SMILES string of the molecule is COc1ccc(N2CCOC2c2ccn(-c3ccc(C)cc3)c2)cc1. The zero-order valence-electron chi connectivity index (χ0n) is 14.6. The number of benzene rings is 2.